The lowest BCUT2D eigenvalue weighted by atomic mass is 10.0. The van der Waals surface area contributed by atoms with Crippen molar-refractivity contribution in [3.8, 4) is 11.1 Å². The SMILES string of the molecule is C=C/C=C/c1nn2c(c1-c1ccc3ncsc3c1)CCC2. The lowest BCUT2D eigenvalue weighted by Crippen LogP contribution is -1.93. The summed E-state index contributed by atoms with van der Waals surface area (Å²) in [4.78, 5) is 4.36. The van der Waals surface area contributed by atoms with Gasteiger partial charge in [-0.15, -0.1) is 11.3 Å². The van der Waals surface area contributed by atoms with Crippen LogP contribution in [0, 0.1) is 0 Å². The van der Waals surface area contributed by atoms with E-state index >= 15 is 0 Å². The van der Waals surface area contributed by atoms with Crippen molar-refractivity contribution in [2.75, 3.05) is 0 Å². The predicted octanol–water partition coefficient (Wildman–Crippen LogP) is 4.31. The van der Waals surface area contributed by atoms with Crippen molar-refractivity contribution in [2.45, 2.75) is 19.4 Å². The zero-order valence-corrected chi connectivity index (χ0v) is 12.4. The van der Waals surface area contributed by atoms with Gasteiger partial charge in [0.25, 0.3) is 0 Å². The lowest BCUT2D eigenvalue weighted by Gasteiger charge is -2.03. The molecule has 0 atom stereocenters. The molecule has 1 aliphatic heterocycles. The van der Waals surface area contributed by atoms with E-state index in [4.69, 9.17) is 5.10 Å². The molecule has 1 aliphatic rings. The molecule has 21 heavy (non-hydrogen) atoms. The van der Waals surface area contributed by atoms with Gasteiger partial charge >= 0.3 is 0 Å². The Bertz CT molecular complexity index is 854. The predicted molar refractivity (Wildman–Crippen MR) is 88.4 cm³/mol. The molecule has 0 fully saturated rings. The van der Waals surface area contributed by atoms with Crippen LogP contribution < -0.4 is 0 Å². The highest BCUT2D eigenvalue weighted by atomic mass is 32.1. The van der Waals surface area contributed by atoms with Gasteiger partial charge in [-0.05, 0) is 36.6 Å². The molecule has 104 valence electrons. The maximum atomic E-state index is 4.74. The third-order valence-corrected chi connectivity index (χ3v) is 4.67. The molecule has 3 heterocycles. The van der Waals surface area contributed by atoms with Crippen molar-refractivity contribution in [1.29, 1.82) is 0 Å². The quantitative estimate of drug-likeness (QED) is 0.674. The summed E-state index contributed by atoms with van der Waals surface area (Å²) in [6.45, 7) is 4.77. The van der Waals surface area contributed by atoms with Crippen LogP contribution >= 0.6 is 11.3 Å². The van der Waals surface area contributed by atoms with E-state index in [1.165, 1.54) is 27.9 Å². The van der Waals surface area contributed by atoms with Gasteiger partial charge in [-0.25, -0.2) is 4.98 Å². The Labute approximate surface area is 127 Å². The molecule has 0 amide bonds. The average molecular weight is 293 g/mol. The van der Waals surface area contributed by atoms with Gasteiger partial charge in [0, 0.05) is 17.8 Å². The van der Waals surface area contributed by atoms with Crippen molar-refractivity contribution in [3.63, 3.8) is 0 Å². The first-order chi connectivity index (χ1) is 10.4. The number of aryl methyl sites for hydroxylation is 1. The van der Waals surface area contributed by atoms with E-state index in [1.807, 2.05) is 17.7 Å². The molecule has 0 bridgehead atoms. The Morgan fingerprint density at radius 2 is 2.29 bits per heavy atom. The fraction of sp³-hybridized carbons (Fsp3) is 0.176. The van der Waals surface area contributed by atoms with Gasteiger partial charge in [0.15, 0.2) is 0 Å². The van der Waals surface area contributed by atoms with E-state index in [-0.39, 0.29) is 0 Å². The molecule has 3 aromatic rings. The van der Waals surface area contributed by atoms with E-state index in [9.17, 15) is 0 Å². The van der Waals surface area contributed by atoms with E-state index < -0.39 is 0 Å². The third-order valence-electron chi connectivity index (χ3n) is 3.88. The van der Waals surface area contributed by atoms with Gasteiger partial charge in [0.05, 0.1) is 21.4 Å². The fourth-order valence-electron chi connectivity index (χ4n) is 2.95. The van der Waals surface area contributed by atoms with Crippen LogP contribution in [0.5, 0.6) is 0 Å². The molecule has 1 aromatic carbocycles. The Balaban J connectivity index is 1.93. The Hall–Kier alpha value is -2.20. The minimum atomic E-state index is 1.02. The summed E-state index contributed by atoms with van der Waals surface area (Å²) in [7, 11) is 0. The number of rotatable bonds is 3. The third kappa shape index (κ3) is 2.03. The molecule has 0 spiro atoms. The first-order valence-electron chi connectivity index (χ1n) is 7.09. The van der Waals surface area contributed by atoms with Gasteiger partial charge in [-0.3, -0.25) is 4.68 Å². The van der Waals surface area contributed by atoms with Crippen molar-refractivity contribution in [3.05, 3.63) is 53.8 Å². The molecule has 0 aliphatic carbocycles. The molecule has 2 aromatic heterocycles. The van der Waals surface area contributed by atoms with Crippen LogP contribution in [0.15, 0.2) is 42.4 Å². The zero-order valence-electron chi connectivity index (χ0n) is 11.6. The van der Waals surface area contributed by atoms with Crippen LogP contribution in [-0.2, 0) is 13.0 Å². The largest absolute Gasteiger partial charge is 0.268 e. The maximum absolute atomic E-state index is 4.74. The number of fused-ring (bicyclic) bond motifs is 2. The second-order valence-corrected chi connectivity index (χ2v) is 6.05. The number of thiazole rings is 1. The smallest absolute Gasteiger partial charge is 0.0932 e. The Kier molecular flexibility index (Phi) is 2.97. The van der Waals surface area contributed by atoms with E-state index in [2.05, 4.69) is 34.4 Å². The van der Waals surface area contributed by atoms with E-state index in [1.54, 1.807) is 17.4 Å². The monoisotopic (exact) mass is 293 g/mol. The minimum Gasteiger partial charge on any atom is -0.268 e. The van der Waals surface area contributed by atoms with Crippen LogP contribution in [0.3, 0.4) is 0 Å². The molecule has 0 N–H and O–H groups in total. The van der Waals surface area contributed by atoms with Gasteiger partial charge in [0.1, 0.15) is 0 Å². The highest BCUT2D eigenvalue weighted by molar-refractivity contribution is 7.16. The van der Waals surface area contributed by atoms with Gasteiger partial charge in [-0.2, -0.15) is 5.10 Å². The topological polar surface area (TPSA) is 30.7 Å². The van der Waals surface area contributed by atoms with Crippen LogP contribution in [0.2, 0.25) is 0 Å². The summed E-state index contributed by atoms with van der Waals surface area (Å²) >= 11 is 1.68. The molecule has 3 nitrogen and oxygen atoms in total. The summed E-state index contributed by atoms with van der Waals surface area (Å²) in [5.74, 6) is 0. The summed E-state index contributed by atoms with van der Waals surface area (Å²) < 4.78 is 3.37. The Morgan fingerprint density at radius 1 is 1.33 bits per heavy atom. The van der Waals surface area contributed by atoms with Gasteiger partial charge < -0.3 is 0 Å². The van der Waals surface area contributed by atoms with Gasteiger partial charge in [0.2, 0.25) is 0 Å². The molecule has 0 saturated carbocycles. The van der Waals surface area contributed by atoms with Crippen molar-refractivity contribution in [1.82, 2.24) is 14.8 Å². The first kappa shape index (κ1) is 12.5. The highest BCUT2D eigenvalue weighted by Gasteiger charge is 2.21. The summed E-state index contributed by atoms with van der Waals surface area (Å²) in [6.07, 6.45) is 8.08. The molecule has 0 radical (unpaired) electrons. The molecule has 4 rings (SSSR count). The summed E-state index contributed by atoms with van der Waals surface area (Å²) in [6, 6.07) is 6.49. The number of hydrogen-bond donors (Lipinski definition) is 0. The van der Waals surface area contributed by atoms with Crippen molar-refractivity contribution in [2.24, 2.45) is 0 Å². The molecule has 4 heteroatoms. The molecular weight excluding hydrogens is 278 g/mol. The van der Waals surface area contributed by atoms with Gasteiger partial charge in [-0.1, -0.05) is 24.8 Å². The normalized spacial score (nSPS) is 14.1. The first-order valence-corrected chi connectivity index (χ1v) is 7.97. The van der Waals surface area contributed by atoms with Crippen LogP contribution in [-0.4, -0.2) is 14.8 Å². The maximum Gasteiger partial charge on any atom is 0.0932 e. The standard InChI is InChI=1S/C17H15N3S/c1-2-3-5-14-17(15-6-4-9-20(15)19-14)12-7-8-13-16(10-12)21-11-18-13/h2-3,5,7-8,10-11H,1,4,6,9H2/b5-3+. The zero-order chi connectivity index (χ0) is 14.2. The molecule has 0 unspecified atom stereocenters. The fourth-order valence-corrected chi connectivity index (χ4v) is 3.67. The number of nitrogens with zero attached hydrogens (tertiary/aromatic N) is 3. The number of aromatic nitrogens is 3. The second kappa shape index (κ2) is 4.97. The lowest BCUT2D eigenvalue weighted by molar-refractivity contribution is 0.655. The molecule has 0 saturated heterocycles. The minimum absolute atomic E-state index is 1.02. The highest BCUT2D eigenvalue weighted by Crippen LogP contribution is 2.34. The van der Waals surface area contributed by atoms with E-state index in [0.717, 1.165) is 24.2 Å². The Morgan fingerprint density at radius 3 is 3.19 bits per heavy atom. The second-order valence-electron chi connectivity index (χ2n) is 5.16. The molecular formula is C17H15N3S. The number of allylic oxidation sites excluding steroid dienone is 2. The van der Waals surface area contributed by atoms with Crippen LogP contribution in [0.1, 0.15) is 17.8 Å². The number of hydrogen-bond acceptors (Lipinski definition) is 3. The van der Waals surface area contributed by atoms with Crippen LogP contribution in [0.4, 0.5) is 0 Å². The summed E-state index contributed by atoms with van der Waals surface area (Å²) in [5, 5.41) is 4.74. The average Bonchev–Trinajstić information content (AvgIpc) is 3.18. The van der Waals surface area contributed by atoms with Crippen LogP contribution in [0.25, 0.3) is 27.4 Å². The van der Waals surface area contributed by atoms with Crippen molar-refractivity contribution < 1.29 is 0 Å². The van der Waals surface area contributed by atoms with E-state index in [0.29, 0.717) is 0 Å². The number of benzene rings is 1. The summed E-state index contributed by atoms with van der Waals surface area (Å²) in [5.41, 5.74) is 7.85. The van der Waals surface area contributed by atoms with Crippen molar-refractivity contribution >= 4 is 27.6 Å².